The molecule has 1 aromatic heterocycles. The Balaban J connectivity index is 1.27. The molecule has 4 amide bonds. The zero-order valence-electron chi connectivity index (χ0n) is 19.0. The van der Waals surface area contributed by atoms with Gasteiger partial charge < -0.3 is 10.6 Å². The van der Waals surface area contributed by atoms with Crippen LogP contribution in [0.3, 0.4) is 0 Å². The summed E-state index contributed by atoms with van der Waals surface area (Å²) >= 11 is 1.32. The number of nitrogens with zero attached hydrogens (tertiary/aromatic N) is 2. The van der Waals surface area contributed by atoms with E-state index in [0.717, 1.165) is 29.0 Å². The lowest BCUT2D eigenvalue weighted by atomic mass is 9.87. The molecule has 8 heteroatoms. The quantitative estimate of drug-likeness (QED) is 0.515. The van der Waals surface area contributed by atoms with Gasteiger partial charge in [0, 0.05) is 10.9 Å². The smallest absolute Gasteiger partial charge is 0.319 e. The minimum absolute atomic E-state index is 0.368. The highest BCUT2D eigenvalue weighted by Gasteiger charge is 2.51. The lowest BCUT2D eigenvalue weighted by Crippen LogP contribution is -2.44. The maximum absolute atomic E-state index is 13.2. The number of anilines is 1. The molecule has 5 rings (SSSR count). The van der Waals surface area contributed by atoms with Crippen molar-refractivity contribution in [3.8, 4) is 11.3 Å². The molecule has 2 aromatic carbocycles. The number of rotatable bonds is 6. The van der Waals surface area contributed by atoms with Gasteiger partial charge in [0.15, 0.2) is 5.13 Å². The van der Waals surface area contributed by atoms with Crippen LogP contribution in [0.4, 0.5) is 9.93 Å². The second-order valence-electron chi connectivity index (χ2n) is 8.72. The number of urea groups is 1. The van der Waals surface area contributed by atoms with Crippen LogP contribution in [0, 0.1) is 0 Å². The number of benzene rings is 2. The van der Waals surface area contributed by atoms with E-state index in [2.05, 4.69) is 33.8 Å². The normalized spacial score (nSPS) is 19.6. The standard InChI is InChI=1S/C26H26N4O3S/c1-2-26(20-10-4-3-5-11-20)23(32)30(25(33)29-26)15-22(31)28-24-27-21(16-34-24)19-13-12-17-8-6-7-9-18(17)14-19/h3-5,10-14,16H,2,6-9,15H2,1H3,(H,29,33)(H,27,28,31)/t26-/m0/s1. The number of carbonyl (C=O) groups is 3. The van der Waals surface area contributed by atoms with Crippen LogP contribution < -0.4 is 10.6 Å². The molecule has 2 N–H and O–H groups in total. The Morgan fingerprint density at radius 2 is 1.88 bits per heavy atom. The highest BCUT2D eigenvalue weighted by molar-refractivity contribution is 7.14. The number of amides is 4. The second kappa shape index (κ2) is 9.02. The number of fused-ring (bicyclic) bond motifs is 1. The number of aromatic nitrogens is 1. The van der Waals surface area contributed by atoms with E-state index >= 15 is 0 Å². The van der Waals surface area contributed by atoms with Crippen LogP contribution >= 0.6 is 11.3 Å². The predicted octanol–water partition coefficient (Wildman–Crippen LogP) is 4.48. The number of hydrogen-bond donors (Lipinski definition) is 2. The van der Waals surface area contributed by atoms with Gasteiger partial charge in [0.1, 0.15) is 12.1 Å². The molecule has 1 saturated heterocycles. The maximum atomic E-state index is 13.2. The molecule has 1 atom stereocenters. The minimum atomic E-state index is -1.15. The molecule has 2 heterocycles. The summed E-state index contributed by atoms with van der Waals surface area (Å²) in [6.07, 6.45) is 5.05. The third-order valence-corrected chi connectivity index (χ3v) is 7.43. The monoisotopic (exact) mass is 474 g/mol. The summed E-state index contributed by atoms with van der Waals surface area (Å²) in [7, 11) is 0. The maximum Gasteiger partial charge on any atom is 0.325 e. The fourth-order valence-corrected chi connectivity index (χ4v) is 5.53. The Kier molecular flexibility index (Phi) is 5.91. The third kappa shape index (κ3) is 3.98. The molecule has 0 saturated carbocycles. The number of nitrogens with one attached hydrogen (secondary N) is 2. The molecule has 1 fully saturated rings. The molecular weight excluding hydrogens is 448 g/mol. The van der Waals surface area contributed by atoms with Gasteiger partial charge in [-0.15, -0.1) is 11.3 Å². The largest absolute Gasteiger partial charge is 0.325 e. The van der Waals surface area contributed by atoms with E-state index in [0.29, 0.717) is 17.1 Å². The third-order valence-electron chi connectivity index (χ3n) is 6.67. The summed E-state index contributed by atoms with van der Waals surface area (Å²) in [5.74, 6) is -0.884. The van der Waals surface area contributed by atoms with E-state index in [-0.39, 0.29) is 6.54 Å². The van der Waals surface area contributed by atoms with Gasteiger partial charge in [-0.1, -0.05) is 49.4 Å². The lowest BCUT2D eigenvalue weighted by molar-refractivity contribution is -0.134. The molecule has 0 radical (unpaired) electrons. The van der Waals surface area contributed by atoms with Gasteiger partial charge in [-0.2, -0.15) is 0 Å². The van der Waals surface area contributed by atoms with Crippen LogP contribution in [0.25, 0.3) is 11.3 Å². The first-order valence-corrected chi connectivity index (χ1v) is 12.5. The summed E-state index contributed by atoms with van der Waals surface area (Å²) in [5, 5.41) is 7.89. The van der Waals surface area contributed by atoms with E-state index in [1.54, 1.807) is 0 Å². The highest BCUT2D eigenvalue weighted by Crippen LogP contribution is 2.33. The van der Waals surface area contributed by atoms with E-state index in [1.165, 1.54) is 35.3 Å². The topological polar surface area (TPSA) is 91.4 Å². The molecule has 7 nitrogen and oxygen atoms in total. The predicted molar refractivity (Wildman–Crippen MR) is 131 cm³/mol. The summed E-state index contributed by atoms with van der Waals surface area (Å²) in [6, 6.07) is 15.0. The van der Waals surface area contributed by atoms with Crippen LogP contribution in [-0.2, 0) is 28.0 Å². The van der Waals surface area contributed by atoms with Crippen molar-refractivity contribution in [3.63, 3.8) is 0 Å². The molecule has 0 unspecified atom stereocenters. The Labute approximate surface area is 202 Å². The van der Waals surface area contributed by atoms with Gasteiger partial charge in [0.2, 0.25) is 5.91 Å². The van der Waals surface area contributed by atoms with E-state index in [9.17, 15) is 14.4 Å². The molecule has 174 valence electrons. The minimum Gasteiger partial charge on any atom is -0.319 e. The van der Waals surface area contributed by atoms with Gasteiger partial charge in [0.05, 0.1) is 5.69 Å². The summed E-state index contributed by atoms with van der Waals surface area (Å²) in [6.45, 7) is 1.47. The van der Waals surface area contributed by atoms with Crippen LogP contribution in [0.2, 0.25) is 0 Å². The van der Waals surface area contributed by atoms with Crippen LogP contribution in [0.5, 0.6) is 0 Å². The fourth-order valence-electron chi connectivity index (χ4n) is 4.79. The number of hydrogen-bond acceptors (Lipinski definition) is 5. The zero-order valence-corrected chi connectivity index (χ0v) is 19.8. The average molecular weight is 475 g/mol. The highest BCUT2D eigenvalue weighted by atomic mass is 32.1. The van der Waals surface area contributed by atoms with E-state index in [1.807, 2.05) is 42.6 Å². The molecule has 0 spiro atoms. The number of carbonyl (C=O) groups excluding carboxylic acids is 3. The molecule has 2 aliphatic rings. The SMILES string of the molecule is CC[C@@]1(c2ccccc2)NC(=O)N(CC(=O)Nc2nc(-c3ccc4c(c3)CCCC4)cs2)C1=O. The first-order chi connectivity index (χ1) is 16.5. The molecular formula is C26H26N4O3S. The number of thiazole rings is 1. The first-order valence-electron chi connectivity index (χ1n) is 11.6. The van der Waals surface area contributed by atoms with Gasteiger partial charge in [-0.3, -0.25) is 14.5 Å². The van der Waals surface area contributed by atoms with E-state index < -0.39 is 23.4 Å². The molecule has 1 aliphatic carbocycles. The van der Waals surface area contributed by atoms with Crippen LogP contribution in [-0.4, -0.2) is 34.3 Å². The van der Waals surface area contributed by atoms with Gasteiger partial charge >= 0.3 is 6.03 Å². The van der Waals surface area contributed by atoms with Crippen molar-refractivity contribution in [1.29, 1.82) is 0 Å². The summed E-state index contributed by atoms with van der Waals surface area (Å²) in [4.78, 5) is 44.1. The van der Waals surface area contributed by atoms with Gasteiger partial charge in [0.25, 0.3) is 5.91 Å². The number of aryl methyl sites for hydroxylation is 2. The lowest BCUT2D eigenvalue weighted by Gasteiger charge is -2.25. The molecule has 34 heavy (non-hydrogen) atoms. The fraction of sp³-hybridized carbons (Fsp3) is 0.308. The van der Waals surface area contributed by atoms with Crippen molar-refractivity contribution in [2.75, 3.05) is 11.9 Å². The van der Waals surface area contributed by atoms with Crippen molar-refractivity contribution < 1.29 is 14.4 Å². The van der Waals surface area contributed by atoms with Crippen molar-refractivity contribution in [3.05, 3.63) is 70.6 Å². The Hall–Kier alpha value is -3.52. The summed E-state index contributed by atoms with van der Waals surface area (Å²) < 4.78 is 0. The average Bonchev–Trinajstić information content (AvgIpc) is 3.42. The van der Waals surface area contributed by atoms with E-state index in [4.69, 9.17) is 0 Å². The molecule has 3 aromatic rings. The van der Waals surface area contributed by atoms with Crippen molar-refractivity contribution >= 4 is 34.3 Å². The molecule has 1 aliphatic heterocycles. The Morgan fingerprint density at radius 3 is 2.65 bits per heavy atom. The summed E-state index contributed by atoms with van der Waals surface area (Å²) in [5.41, 5.74) is 4.16. The van der Waals surface area contributed by atoms with Crippen LogP contribution in [0.15, 0.2) is 53.9 Å². The van der Waals surface area contributed by atoms with Crippen molar-refractivity contribution in [2.45, 2.75) is 44.6 Å². The van der Waals surface area contributed by atoms with Crippen molar-refractivity contribution in [1.82, 2.24) is 15.2 Å². The zero-order chi connectivity index (χ0) is 23.7. The molecule has 0 bridgehead atoms. The van der Waals surface area contributed by atoms with Crippen molar-refractivity contribution in [2.24, 2.45) is 0 Å². The first kappa shape index (κ1) is 22.3. The Morgan fingerprint density at radius 1 is 1.12 bits per heavy atom. The second-order valence-corrected chi connectivity index (χ2v) is 9.58. The van der Waals surface area contributed by atoms with Gasteiger partial charge in [-0.25, -0.2) is 9.78 Å². The Bertz CT molecular complexity index is 1260. The van der Waals surface area contributed by atoms with Crippen LogP contribution in [0.1, 0.15) is 42.9 Å². The van der Waals surface area contributed by atoms with Gasteiger partial charge in [-0.05, 0) is 54.9 Å². The number of imide groups is 1.